The highest BCUT2D eigenvalue weighted by atomic mass is 16.1. The Balaban J connectivity index is 2.08. The van der Waals surface area contributed by atoms with E-state index >= 15 is 0 Å². The topological polar surface area (TPSA) is 29.1 Å². The lowest BCUT2D eigenvalue weighted by molar-refractivity contribution is -0.124. The van der Waals surface area contributed by atoms with Crippen molar-refractivity contribution in [1.82, 2.24) is 5.32 Å². The molecule has 2 rings (SSSR count). The number of carbonyl (C=O) groups is 1. The summed E-state index contributed by atoms with van der Waals surface area (Å²) < 4.78 is 0. The Hall–Kier alpha value is -0.370. The molecular formula is C10H17NO. The van der Waals surface area contributed by atoms with Gasteiger partial charge in [-0.15, -0.1) is 0 Å². The molecule has 1 saturated heterocycles. The number of Topliss-reactive ketones (excluding diaryl/α,β-unsaturated/α-hetero) is 1. The summed E-state index contributed by atoms with van der Waals surface area (Å²) >= 11 is 0. The molecule has 2 heteroatoms. The van der Waals surface area contributed by atoms with Crippen LogP contribution in [-0.4, -0.2) is 18.9 Å². The van der Waals surface area contributed by atoms with Gasteiger partial charge in [0.15, 0.2) is 0 Å². The predicted molar refractivity (Wildman–Crippen MR) is 47.9 cm³/mol. The van der Waals surface area contributed by atoms with Gasteiger partial charge in [0.25, 0.3) is 0 Å². The average molecular weight is 167 g/mol. The lowest BCUT2D eigenvalue weighted by Gasteiger charge is -2.20. The van der Waals surface area contributed by atoms with Crippen LogP contribution in [0.3, 0.4) is 0 Å². The normalized spacial score (nSPS) is 42.4. The van der Waals surface area contributed by atoms with Crippen LogP contribution >= 0.6 is 0 Å². The third-order valence-electron chi connectivity index (χ3n) is 3.24. The summed E-state index contributed by atoms with van der Waals surface area (Å²) in [7, 11) is 0. The van der Waals surface area contributed by atoms with Gasteiger partial charge in [0, 0.05) is 18.4 Å². The maximum atomic E-state index is 11.7. The standard InChI is InChI=1S/C10H17NO/c1-7-4-8-2-3-9(10(8)12)6-11-5-7/h7-9,11H,2-6H2,1H3. The van der Waals surface area contributed by atoms with Gasteiger partial charge in [-0.2, -0.15) is 0 Å². The lowest BCUT2D eigenvalue weighted by Crippen LogP contribution is -2.34. The van der Waals surface area contributed by atoms with Crippen molar-refractivity contribution in [3.63, 3.8) is 0 Å². The number of hydrogen-bond acceptors (Lipinski definition) is 2. The molecule has 3 atom stereocenters. The highest BCUT2D eigenvalue weighted by molar-refractivity contribution is 5.85. The Morgan fingerprint density at radius 3 is 2.83 bits per heavy atom. The molecule has 0 aromatic rings. The molecule has 0 spiro atoms. The fraction of sp³-hybridized carbons (Fsp3) is 0.900. The Labute approximate surface area is 73.7 Å². The van der Waals surface area contributed by atoms with E-state index in [1.165, 1.54) is 0 Å². The van der Waals surface area contributed by atoms with Crippen LogP contribution in [0.25, 0.3) is 0 Å². The second kappa shape index (κ2) is 3.17. The van der Waals surface area contributed by atoms with Gasteiger partial charge in [-0.3, -0.25) is 4.79 Å². The molecule has 2 fully saturated rings. The third kappa shape index (κ3) is 1.40. The molecule has 1 aliphatic heterocycles. The zero-order valence-corrected chi connectivity index (χ0v) is 7.68. The molecule has 1 N–H and O–H groups in total. The van der Waals surface area contributed by atoms with Crippen molar-refractivity contribution in [2.45, 2.75) is 26.2 Å². The summed E-state index contributed by atoms with van der Waals surface area (Å²) in [6.07, 6.45) is 3.39. The van der Waals surface area contributed by atoms with Gasteiger partial charge in [-0.05, 0) is 31.7 Å². The molecule has 12 heavy (non-hydrogen) atoms. The van der Waals surface area contributed by atoms with Crippen LogP contribution < -0.4 is 5.32 Å². The Bertz CT molecular complexity index is 190. The van der Waals surface area contributed by atoms with Crippen LogP contribution in [0.5, 0.6) is 0 Å². The highest BCUT2D eigenvalue weighted by Crippen LogP contribution is 2.32. The van der Waals surface area contributed by atoms with E-state index < -0.39 is 0 Å². The van der Waals surface area contributed by atoms with Crippen molar-refractivity contribution >= 4 is 5.78 Å². The zero-order valence-electron chi connectivity index (χ0n) is 7.68. The summed E-state index contributed by atoms with van der Waals surface area (Å²) in [6.45, 7) is 4.26. The van der Waals surface area contributed by atoms with Gasteiger partial charge in [-0.1, -0.05) is 6.92 Å². The van der Waals surface area contributed by atoms with Crippen molar-refractivity contribution in [3.8, 4) is 0 Å². The van der Waals surface area contributed by atoms with Crippen LogP contribution in [0.4, 0.5) is 0 Å². The van der Waals surface area contributed by atoms with E-state index in [-0.39, 0.29) is 0 Å². The number of hydrogen-bond donors (Lipinski definition) is 1. The van der Waals surface area contributed by atoms with E-state index in [4.69, 9.17) is 0 Å². The van der Waals surface area contributed by atoms with Gasteiger partial charge in [0.05, 0.1) is 0 Å². The molecule has 0 aromatic heterocycles. The first kappa shape index (κ1) is 8.24. The van der Waals surface area contributed by atoms with Gasteiger partial charge in [0.2, 0.25) is 0 Å². The minimum absolute atomic E-state index is 0.350. The van der Waals surface area contributed by atoms with Crippen LogP contribution in [0.2, 0.25) is 0 Å². The van der Waals surface area contributed by atoms with E-state index in [0.717, 1.165) is 32.4 Å². The van der Waals surface area contributed by atoms with Crippen molar-refractivity contribution in [2.24, 2.45) is 17.8 Å². The Morgan fingerprint density at radius 1 is 1.25 bits per heavy atom. The average Bonchev–Trinajstić information content (AvgIpc) is 2.39. The molecular weight excluding hydrogens is 150 g/mol. The van der Waals surface area contributed by atoms with E-state index in [2.05, 4.69) is 12.2 Å². The van der Waals surface area contributed by atoms with Crippen LogP contribution in [0, 0.1) is 17.8 Å². The maximum Gasteiger partial charge on any atom is 0.140 e. The van der Waals surface area contributed by atoms with Gasteiger partial charge in [0.1, 0.15) is 5.78 Å². The third-order valence-corrected chi connectivity index (χ3v) is 3.24. The summed E-state index contributed by atoms with van der Waals surface area (Å²) in [5.74, 6) is 1.97. The molecule has 2 nitrogen and oxygen atoms in total. The molecule has 0 radical (unpaired) electrons. The molecule has 0 aromatic carbocycles. The molecule has 0 amide bonds. The summed E-state index contributed by atoms with van der Waals surface area (Å²) in [4.78, 5) is 11.7. The Morgan fingerprint density at radius 2 is 2.00 bits per heavy atom. The number of fused-ring (bicyclic) bond motifs is 2. The predicted octanol–water partition coefficient (Wildman–Crippen LogP) is 1.21. The summed E-state index contributed by atoms with van der Waals surface area (Å²) in [6, 6.07) is 0. The molecule has 2 aliphatic rings. The maximum absolute atomic E-state index is 11.7. The van der Waals surface area contributed by atoms with Crippen molar-refractivity contribution in [1.29, 1.82) is 0 Å². The fourth-order valence-corrected chi connectivity index (χ4v) is 2.53. The molecule has 1 heterocycles. The fourth-order valence-electron chi connectivity index (χ4n) is 2.53. The number of nitrogens with one attached hydrogen (secondary N) is 1. The molecule has 1 saturated carbocycles. The van der Waals surface area contributed by atoms with Crippen LogP contribution in [0.15, 0.2) is 0 Å². The number of carbonyl (C=O) groups excluding carboxylic acids is 1. The number of rotatable bonds is 0. The summed E-state index contributed by atoms with van der Waals surface area (Å²) in [5, 5.41) is 3.37. The van der Waals surface area contributed by atoms with E-state index in [9.17, 15) is 4.79 Å². The quantitative estimate of drug-likeness (QED) is 0.587. The lowest BCUT2D eigenvalue weighted by atomic mass is 9.91. The van der Waals surface area contributed by atoms with Crippen LogP contribution in [-0.2, 0) is 4.79 Å². The SMILES string of the molecule is CC1CNCC2CCC(C1)C2=O. The number of ketones is 1. The second-order valence-electron chi connectivity index (χ2n) is 4.37. The monoisotopic (exact) mass is 167 g/mol. The van der Waals surface area contributed by atoms with E-state index in [1.807, 2.05) is 0 Å². The minimum Gasteiger partial charge on any atom is -0.316 e. The van der Waals surface area contributed by atoms with Crippen molar-refractivity contribution in [3.05, 3.63) is 0 Å². The van der Waals surface area contributed by atoms with E-state index in [0.29, 0.717) is 23.5 Å². The van der Waals surface area contributed by atoms with Crippen molar-refractivity contribution < 1.29 is 4.79 Å². The van der Waals surface area contributed by atoms with Crippen molar-refractivity contribution in [2.75, 3.05) is 13.1 Å². The molecule has 3 unspecified atom stereocenters. The first-order chi connectivity index (χ1) is 5.77. The van der Waals surface area contributed by atoms with Gasteiger partial charge < -0.3 is 5.32 Å². The minimum atomic E-state index is 0.350. The van der Waals surface area contributed by atoms with Crippen LogP contribution in [0.1, 0.15) is 26.2 Å². The molecule has 2 bridgehead atoms. The molecule has 1 aliphatic carbocycles. The first-order valence-electron chi connectivity index (χ1n) is 5.02. The first-order valence-corrected chi connectivity index (χ1v) is 5.02. The largest absolute Gasteiger partial charge is 0.316 e. The smallest absolute Gasteiger partial charge is 0.140 e. The molecule has 68 valence electrons. The van der Waals surface area contributed by atoms with Gasteiger partial charge >= 0.3 is 0 Å². The summed E-state index contributed by atoms with van der Waals surface area (Å²) in [5.41, 5.74) is 0. The Kier molecular flexibility index (Phi) is 2.18. The second-order valence-corrected chi connectivity index (χ2v) is 4.37. The highest BCUT2D eigenvalue weighted by Gasteiger charge is 2.35. The van der Waals surface area contributed by atoms with Gasteiger partial charge in [-0.25, -0.2) is 0 Å². The zero-order chi connectivity index (χ0) is 8.55. The van der Waals surface area contributed by atoms with E-state index in [1.54, 1.807) is 0 Å².